The van der Waals surface area contributed by atoms with Crippen molar-refractivity contribution < 1.29 is 31.6 Å². The van der Waals surface area contributed by atoms with Gasteiger partial charge in [0.15, 0.2) is 5.78 Å². The van der Waals surface area contributed by atoms with E-state index in [0.717, 1.165) is 49.6 Å². The van der Waals surface area contributed by atoms with Gasteiger partial charge in [0, 0.05) is 39.4 Å². The summed E-state index contributed by atoms with van der Waals surface area (Å²) in [4.78, 5) is 26.3. The Balaban J connectivity index is 1.20. The van der Waals surface area contributed by atoms with Crippen LogP contribution in [0.2, 0.25) is 0 Å². The Morgan fingerprint density at radius 3 is 2.69 bits per heavy atom. The molecule has 1 saturated heterocycles. The van der Waals surface area contributed by atoms with E-state index in [2.05, 4.69) is 24.1 Å². The summed E-state index contributed by atoms with van der Waals surface area (Å²) in [5.74, 6) is -0.640. The molecular weight excluding hydrogens is 476 g/mol. The minimum absolute atomic E-state index is 0.109. The molecule has 3 heterocycles. The first-order valence-electron chi connectivity index (χ1n) is 11.2. The number of benzene rings is 2. The minimum Gasteiger partial charge on any atom is -0.486 e. The molecule has 0 atom stereocenters. The number of rotatable bonds is 6. The maximum absolute atomic E-state index is 13.0. The SMILES string of the molecule is CC(=O)OS(=O)(=O)Nc1ccc2c(c1)C(=O)CC1(CCN(CCc3ccc4nonc4c3)CC1)O2. The fraction of sp³-hybridized carbons (Fsp3) is 0.391. The zero-order valence-corrected chi connectivity index (χ0v) is 19.8. The van der Waals surface area contributed by atoms with E-state index in [1.807, 2.05) is 18.2 Å². The van der Waals surface area contributed by atoms with E-state index < -0.39 is 21.9 Å². The fourth-order valence-electron chi connectivity index (χ4n) is 4.61. The van der Waals surface area contributed by atoms with Crippen molar-refractivity contribution in [2.75, 3.05) is 24.4 Å². The van der Waals surface area contributed by atoms with Gasteiger partial charge >= 0.3 is 16.3 Å². The van der Waals surface area contributed by atoms with Crippen LogP contribution < -0.4 is 9.46 Å². The van der Waals surface area contributed by atoms with Crippen LogP contribution in [0.25, 0.3) is 11.0 Å². The van der Waals surface area contributed by atoms with Crippen molar-refractivity contribution in [3.63, 3.8) is 0 Å². The fourth-order valence-corrected chi connectivity index (χ4v) is 5.38. The van der Waals surface area contributed by atoms with E-state index in [1.54, 1.807) is 6.07 Å². The Morgan fingerprint density at radius 2 is 1.91 bits per heavy atom. The average Bonchev–Trinajstić information content (AvgIpc) is 3.26. The molecule has 0 bridgehead atoms. The average molecular weight is 501 g/mol. The highest BCUT2D eigenvalue weighted by Crippen LogP contribution is 2.40. The lowest BCUT2D eigenvalue weighted by atomic mass is 9.82. The lowest BCUT2D eigenvalue weighted by Crippen LogP contribution is -2.51. The highest BCUT2D eigenvalue weighted by atomic mass is 32.2. The molecule has 35 heavy (non-hydrogen) atoms. The van der Waals surface area contributed by atoms with Gasteiger partial charge in [0.1, 0.15) is 22.4 Å². The summed E-state index contributed by atoms with van der Waals surface area (Å²) in [6.45, 7) is 3.47. The molecule has 2 aliphatic rings. The summed E-state index contributed by atoms with van der Waals surface area (Å²) in [7, 11) is -4.31. The number of hydrogen-bond acceptors (Lipinski definition) is 10. The van der Waals surface area contributed by atoms with Crippen molar-refractivity contribution in [1.82, 2.24) is 15.2 Å². The third kappa shape index (κ3) is 5.13. The van der Waals surface area contributed by atoms with Crippen LogP contribution in [-0.4, -0.2) is 60.6 Å². The molecular formula is C23H24N4O7S. The Labute approximate surface area is 201 Å². The number of nitrogens with zero attached hydrogens (tertiary/aromatic N) is 3. The number of Topliss-reactive ketones (excluding diaryl/α,β-unsaturated/α-hetero) is 1. The number of likely N-dealkylation sites (tertiary alicyclic amines) is 1. The van der Waals surface area contributed by atoms with Gasteiger partial charge in [0.05, 0.1) is 17.7 Å². The Morgan fingerprint density at radius 1 is 1.14 bits per heavy atom. The lowest BCUT2D eigenvalue weighted by molar-refractivity contribution is -0.131. The van der Waals surface area contributed by atoms with Gasteiger partial charge in [-0.05, 0) is 52.6 Å². The van der Waals surface area contributed by atoms with E-state index >= 15 is 0 Å². The van der Waals surface area contributed by atoms with Crippen molar-refractivity contribution in [2.24, 2.45) is 0 Å². The van der Waals surface area contributed by atoms with Crippen LogP contribution in [0.1, 0.15) is 42.1 Å². The van der Waals surface area contributed by atoms with E-state index in [-0.39, 0.29) is 17.9 Å². The minimum atomic E-state index is -4.31. The number of anilines is 1. The van der Waals surface area contributed by atoms with E-state index in [1.165, 1.54) is 12.1 Å². The smallest absolute Gasteiger partial charge is 0.409 e. The molecule has 1 aromatic heterocycles. The highest BCUT2D eigenvalue weighted by molar-refractivity contribution is 7.88. The third-order valence-corrected chi connectivity index (χ3v) is 7.30. The van der Waals surface area contributed by atoms with Crippen LogP contribution in [0.3, 0.4) is 0 Å². The van der Waals surface area contributed by atoms with Gasteiger partial charge in [-0.1, -0.05) is 6.07 Å². The third-order valence-electron chi connectivity index (χ3n) is 6.36. The number of carbonyl (C=O) groups is 2. The van der Waals surface area contributed by atoms with Gasteiger partial charge in [-0.3, -0.25) is 14.3 Å². The number of ketones is 1. The number of carbonyl (C=O) groups excluding carboxylic acids is 2. The van der Waals surface area contributed by atoms with Crippen LogP contribution in [0.4, 0.5) is 5.69 Å². The molecule has 0 unspecified atom stereocenters. The van der Waals surface area contributed by atoms with Crippen LogP contribution in [0, 0.1) is 0 Å². The summed E-state index contributed by atoms with van der Waals surface area (Å²) in [6, 6.07) is 10.4. The predicted octanol–water partition coefficient (Wildman–Crippen LogP) is 2.49. The van der Waals surface area contributed by atoms with Gasteiger partial charge < -0.3 is 13.8 Å². The molecule has 0 radical (unpaired) electrons. The predicted molar refractivity (Wildman–Crippen MR) is 124 cm³/mol. The molecule has 0 aliphatic carbocycles. The summed E-state index contributed by atoms with van der Waals surface area (Å²) in [5.41, 5.74) is 2.50. The summed E-state index contributed by atoms with van der Waals surface area (Å²) >= 11 is 0. The Kier molecular flexibility index (Phi) is 5.93. The molecule has 1 N–H and O–H groups in total. The quantitative estimate of drug-likeness (QED) is 0.536. The van der Waals surface area contributed by atoms with Gasteiger partial charge in [0.25, 0.3) is 0 Å². The Bertz CT molecular complexity index is 1390. The molecule has 0 amide bonds. The molecule has 12 heteroatoms. The second-order valence-corrected chi connectivity index (χ2v) is 10.2. The van der Waals surface area contributed by atoms with Crippen LogP contribution in [-0.2, 0) is 25.7 Å². The van der Waals surface area contributed by atoms with Crippen molar-refractivity contribution in [3.8, 4) is 5.75 Å². The van der Waals surface area contributed by atoms with Crippen LogP contribution in [0.15, 0.2) is 41.0 Å². The number of aromatic nitrogens is 2. The second kappa shape index (κ2) is 8.93. The first-order chi connectivity index (χ1) is 16.7. The topological polar surface area (TPSA) is 141 Å². The summed E-state index contributed by atoms with van der Waals surface area (Å²) < 4.78 is 41.1. The number of fused-ring (bicyclic) bond motifs is 2. The van der Waals surface area contributed by atoms with Gasteiger partial charge in [0.2, 0.25) is 0 Å². The molecule has 0 saturated carbocycles. The summed E-state index contributed by atoms with van der Waals surface area (Å²) in [6.07, 6.45) is 2.52. The first kappa shape index (κ1) is 23.2. The highest BCUT2D eigenvalue weighted by Gasteiger charge is 2.43. The van der Waals surface area contributed by atoms with Crippen molar-refractivity contribution in [1.29, 1.82) is 0 Å². The maximum Gasteiger partial charge on any atom is 0.409 e. The molecule has 1 fully saturated rings. The molecule has 3 aromatic rings. The summed E-state index contributed by atoms with van der Waals surface area (Å²) in [5, 5.41) is 7.71. The van der Waals surface area contributed by atoms with Gasteiger partial charge in [-0.15, -0.1) is 0 Å². The molecule has 184 valence electrons. The van der Waals surface area contributed by atoms with E-state index in [0.29, 0.717) is 24.2 Å². The molecule has 5 rings (SSSR count). The number of hydrogen-bond donors (Lipinski definition) is 1. The van der Waals surface area contributed by atoms with Crippen molar-refractivity contribution in [3.05, 3.63) is 47.5 Å². The van der Waals surface area contributed by atoms with Crippen LogP contribution >= 0.6 is 0 Å². The number of ether oxygens (including phenoxy) is 1. The van der Waals surface area contributed by atoms with Crippen molar-refractivity contribution in [2.45, 2.75) is 38.2 Å². The molecule has 2 aliphatic heterocycles. The van der Waals surface area contributed by atoms with E-state index in [4.69, 9.17) is 9.37 Å². The second-order valence-electron chi connectivity index (χ2n) is 8.91. The normalized spacial score (nSPS) is 17.7. The lowest BCUT2D eigenvalue weighted by Gasteiger charge is -2.44. The van der Waals surface area contributed by atoms with Gasteiger partial charge in [-0.25, -0.2) is 4.63 Å². The molecule has 1 spiro atoms. The van der Waals surface area contributed by atoms with Crippen LogP contribution in [0.5, 0.6) is 5.75 Å². The zero-order valence-electron chi connectivity index (χ0n) is 19.0. The van der Waals surface area contributed by atoms with E-state index in [9.17, 15) is 18.0 Å². The van der Waals surface area contributed by atoms with Gasteiger partial charge in [-0.2, -0.15) is 8.42 Å². The number of nitrogens with one attached hydrogen (secondary N) is 1. The molecule has 11 nitrogen and oxygen atoms in total. The molecule has 2 aromatic carbocycles. The standard InChI is InChI=1S/C23H24N4O7S/c1-15(28)33-35(30,31)26-17-3-5-22-18(13-17)21(29)14-23(32-22)7-10-27(11-8-23)9-6-16-2-4-19-20(12-16)25-34-24-19/h2-5,12-13,26H,6-11,14H2,1H3. The monoisotopic (exact) mass is 500 g/mol. The maximum atomic E-state index is 13.0. The zero-order chi connectivity index (χ0) is 24.6. The Hall–Kier alpha value is -3.51. The number of piperidine rings is 1. The first-order valence-corrected chi connectivity index (χ1v) is 12.6. The largest absolute Gasteiger partial charge is 0.486 e. The van der Waals surface area contributed by atoms with Crippen molar-refractivity contribution >= 4 is 38.8 Å².